The summed E-state index contributed by atoms with van der Waals surface area (Å²) in [5.74, 6) is -3.27. The fourth-order valence-corrected chi connectivity index (χ4v) is 13.4. The molecule has 15 atom stereocenters. The molecular weight excluding hydrogens is 1380 g/mol. The van der Waals surface area contributed by atoms with Gasteiger partial charge in [-0.2, -0.15) is 0 Å². The first-order chi connectivity index (χ1) is 53.1. The lowest BCUT2D eigenvalue weighted by atomic mass is 9.97. The van der Waals surface area contributed by atoms with Gasteiger partial charge in [-0.25, -0.2) is 14.4 Å². The lowest BCUT2D eigenvalue weighted by molar-refractivity contribution is -0.337. The average Bonchev–Trinajstić information content (AvgIpc) is 1.51. The molecule has 0 bridgehead atoms. The van der Waals surface area contributed by atoms with Gasteiger partial charge >= 0.3 is 23.9 Å². The van der Waals surface area contributed by atoms with Gasteiger partial charge in [0.1, 0.15) is 48.8 Å². The predicted molar refractivity (Wildman–Crippen MR) is 400 cm³/mol. The van der Waals surface area contributed by atoms with Gasteiger partial charge in [0, 0.05) is 13.5 Å². The molecule has 3 heterocycles. The number of hydrogen-bond donors (Lipinski definition) is 1. The van der Waals surface area contributed by atoms with E-state index in [2.05, 4.69) is 6.92 Å². The van der Waals surface area contributed by atoms with Crippen molar-refractivity contribution < 1.29 is 95.3 Å². The van der Waals surface area contributed by atoms with Gasteiger partial charge < -0.3 is 76.2 Å². The van der Waals surface area contributed by atoms with Crippen molar-refractivity contribution in [2.45, 2.75) is 203 Å². The summed E-state index contributed by atoms with van der Waals surface area (Å²) in [5, 5.41) is 11.5. The van der Waals surface area contributed by atoms with Crippen molar-refractivity contribution in [2.24, 2.45) is 0 Å². The number of carbonyl (C=O) groups is 4. The molecule has 11 rings (SSSR count). The Labute approximate surface area is 633 Å². The first-order valence-corrected chi connectivity index (χ1v) is 37.7. The van der Waals surface area contributed by atoms with Crippen molar-refractivity contribution in [1.29, 1.82) is 0 Å². The van der Waals surface area contributed by atoms with Crippen molar-refractivity contribution in [3.8, 4) is 0 Å². The highest BCUT2D eigenvalue weighted by atomic mass is 16.8. The molecule has 3 aliphatic heterocycles. The number of hydrogen-bond acceptors (Lipinski definition) is 20. The van der Waals surface area contributed by atoms with Crippen LogP contribution >= 0.6 is 0 Å². The summed E-state index contributed by atoms with van der Waals surface area (Å²) in [6.45, 7) is 2.80. The normalized spacial score (nSPS) is 23.1. The Morgan fingerprint density at radius 1 is 0.361 bits per heavy atom. The zero-order valence-electron chi connectivity index (χ0n) is 61.4. The highest BCUT2D eigenvalue weighted by molar-refractivity contribution is 5.91. The summed E-state index contributed by atoms with van der Waals surface area (Å²) in [7, 11) is 0. The Balaban J connectivity index is 1.02. The van der Waals surface area contributed by atoms with Crippen LogP contribution in [0.1, 0.15) is 137 Å². The molecule has 8 aromatic rings. The maximum Gasteiger partial charge on any atom is 0.338 e. The SMILES string of the molecule is CCCCCCCCCCCCO[C@@H]1O[C@@H]([C@@H](CO[C@H]2O[C@H](COCc3ccccc3)[C@H](OCc3ccccc3)[C@H](OCc3ccccc3)[C@H]2OCc2ccccc2)O[C@@H]2O[C@@H]([C@@H](CO)OC(=O)c3ccccc3)[C@H](OC(=O)c3ccccc3)[C@H]2OC(=O)c2ccccc2)[C@H](OCc2ccccc2)[C@H]1OC(C)=O. The molecule has 572 valence electrons. The van der Waals surface area contributed by atoms with Crippen LogP contribution in [0, 0.1) is 0 Å². The molecular formula is C88H100O20. The van der Waals surface area contributed by atoms with Gasteiger partial charge in [-0.1, -0.05) is 271 Å². The number of benzene rings is 8. The monoisotopic (exact) mass is 1480 g/mol. The lowest BCUT2D eigenvalue weighted by Gasteiger charge is -2.46. The van der Waals surface area contributed by atoms with E-state index in [9.17, 15) is 24.3 Å². The van der Waals surface area contributed by atoms with E-state index in [-0.39, 0.29) is 62.9 Å². The third-order valence-electron chi connectivity index (χ3n) is 19.0. The Hall–Kier alpha value is -8.84. The van der Waals surface area contributed by atoms with E-state index in [4.69, 9.17) is 71.1 Å². The maximum absolute atomic E-state index is 14.8. The molecule has 3 aliphatic rings. The van der Waals surface area contributed by atoms with E-state index in [1.807, 2.05) is 152 Å². The highest BCUT2D eigenvalue weighted by Crippen LogP contribution is 2.39. The van der Waals surface area contributed by atoms with Crippen LogP contribution in [0.25, 0.3) is 0 Å². The first-order valence-electron chi connectivity index (χ1n) is 37.7. The van der Waals surface area contributed by atoms with Crippen LogP contribution in [0.2, 0.25) is 0 Å². The van der Waals surface area contributed by atoms with Crippen LogP contribution in [0.15, 0.2) is 243 Å². The number of ether oxygens (including phenoxy) is 15. The van der Waals surface area contributed by atoms with Gasteiger partial charge in [0.15, 0.2) is 43.3 Å². The predicted octanol–water partition coefficient (Wildman–Crippen LogP) is 14.7. The summed E-state index contributed by atoms with van der Waals surface area (Å²) in [4.78, 5) is 57.3. The zero-order chi connectivity index (χ0) is 74.9. The maximum atomic E-state index is 14.8. The van der Waals surface area contributed by atoms with E-state index >= 15 is 0 Å². The molecule has 108 heavy (non-hydrogen) atoms. The smallest absolute Gasteiger partial charge is 0.338 e. The van der Waals surface area contributed by atoms with Gasteiger partial charge in [-0.3, -0.25) is 4.79 Å². The van der Waals surface area contributed by atoms with Crippen molar-refractivity contribution in [3.05, 3.63) is 287 Å². The van der Waals surface area contributed by atoms with Crippen LogP contribution < -0.4 is 0 Å². The van der Waals surface area contributed by atoms with Crippen LogP contribution in [0.3, 0.4) is 0 Å². The first kappa shape index (κ1) is 80.2. The van der Waals surface area contributed by atoms with Crippen LogP contribution in [0.4, 0.5) is 0 Å². The number of aliphatic hydroxyl groups excluding tert-OH is 1. The molecule has 8 aromatic carbocycles. The van der Waals surface area contributed by atoms with Gasteiger partial charge in [0.05, 0.1) is 69.5 Å². The third kappa shape index (κ3) is 24.1. The molecule has 0 unspecified atom stereocenters. The molecule has 0 spiro atoms. The average molecular weight is 1480 g/mol. The summed E-state index contributed by atoms with van der Waals surface area (Å²) >= 11 is 0. The molecule has 0 aromatic heterocycles. The fraction of sp³-hybridized carbons (Fsp3) is 0.409. The van der Waals surface area contributed by atoms with E-state index in [1.165, 1.54) is 51.2 Å². The second kappa shape index (κ2) is 43.4. The zero-order valence-corrected chi connectivity index (χ0v) is 61.4. The van der Waals surface area contributed by atoms with Gasteiger partial charge in [0.25, 0.3) is 0 Å². The molecule has 20 nitrogen and oxygen atoms in total. The van der Waals surface area contributed by atoms with Crippen LogP contribution in [-0.2, 0) is 109 Å². The largest absolute Gasteiger partial charge is 0.454 e. The third-order valence-corrected chi connectivity index (χ3v) is 19.0. The molecule has 0 aliphatic carbocycles. The molecule has 0 amide bonds. The molecule has 3 fully saturated rings. The number of aliphatic hydroxyl groups is 1. The van der Waals surface area contributed by atoms with Gasteiger partial charge in [-0.15, -0.1) is 0 Å². The number of carbonyl (C=O) groups excluding carboxylic acids is 4. The topological polar surface area (TPSA) is 227 Å². The van der Waals surface area contributed by atoms with E-state index in [1.54, 1.807) is 78.9 Å². The summed E-state index contributed by atoms with van der Waals surface area (Å²) in [6.07, 6.45) is -9.53. The summed E-state index contributed by atoms with van der Waals surface area (Å²) < 4.78 is 103. The second-order valence-corrected chi connectivity index (χ2v) is 27.1. The highest BCUT2D eigenvalue weighted by Gasteiger charge is 2.59. The number of esters is 4. The van der Waals surface area contributed by atoms with Crippen molar-refractivity contribution >= 4 is 23.9 Å². The quantitative estimate of drug-likeness (QED) is 0.0213. The van der Waals surface area contributed by atoms with E-state index in [0.29, 0.717) is 6.42 Å². The second-order valence-electron chi connectivity index (χ2n) is 27.1. The standard InChI is InChI=1S/C88H100O20/c1-3-4-5-6-7-8-9-10-11-36-53-95-87-81(101-62(2)90)78(98-58-66-43-26-15-27-44-66)76(107-87)73(104-88-82(106-85(93)70-51-34-19-35-52-70)79(105-84(92)69-49-32-18-33-50-69)75(108-88)71(54-89)102-83(91)68-47-30-17-31-48-68)61-100-86-80(99-59-67-45-28-16-29-46-67)77(97-57-65-41-24-14-25-42-65)74(96-56-64-39-22-13-23-40-64)72(103-86)60-94-55-63-37-20-12-21-38-63/h12-35,37-52,71-82,86-89H,3-11,36,53-61H2,1-2H3/t71-,72-,73-,74+,75+,76+,77+,78+,79+,80-,81-,82-,86+,87-,88-/m1/s1. The summed E-state index contributed by atoms with van der Waals surface area (Å²) in [6, 6.07) is 72.7. The molecule has 20 heteroatoms. The molecule has 3 saturated heterocycles. The van der Waals surface area contributed by atoms with Crippen molar-refractivity contribution in [3.63, 3.8) is 0 Å². The Kier molecular flexibility index (Phi) is 32.2. The minimum Gasteiger partial charge on any atom is -0.454 e. The Morgan fingerprint density at radius 3 is 1.21 bits per heavy atom. The lowest BCUT2D eigenvalue weighted by Crippen LogP contribution is -2.62. The van der Waals surface area contributed by atoms with Crippen molar-refractivity contribution in [2.75, 3.05) is 26.4 Å². The van der Waals surface area contributed by atoms with Crippen molar-refractivity contribution in [1.82, 2.24) is 0 Å². The van der Waals surface area contributed by atoms with Gasteiger partial charge in [0.2, 0.25) is 0 Å². The van der Waals surface area contributed by atoms with Crippen LogP contribution in [-0.4, -0.2) is 148 Å². The van der Waals surface area contributed by atoms with E-state index in [0.717, 1.165) is 53.5 Å². The van der Waals surface area contributed by atoms with E-state index < -0.39 is 129 Å². The number of rotatable bonds is 43. The fourth-order valence-electron chi connectivity index (χ4n) is 13.4. The molecule has 1 N–H and O–H groups in total. The molecule has 0 saturated carbocycles. The minimum atomic E-state index is -1.82. The Bertz CT molecular complexity index is 3870. The summed E-state index contributed by atoms with van der Waals surface area (Å²) in [5.41, 5.74) is 4.62. The van der Waals surface area contributed by atoms with Gasteiger partial charge in [-0.05, 0) is 70.6 Å². The Morgan fingerprint density at radius 2 is 0.741 bits per heavy atom. The van der Waals surface area contributed by atoms with Crippen LogP contribution in [0.5, 0.6) is 0 Å². The minimum absolute atomic E-state index is 0.0241. The molecule has 0 radical (unpaired) electrons. The number of unbranched alkanes of at least 4 members (excludes halogenated alkanes) is 9.